The van der Waals surface area contributed by atoms with Gasteiger partial charge in [0, 0.05) is 44.0 Å². The van der Waals surface area contributed by atoms with Crippen molar-refractivity contribution in [2.75, 3.05) is 31.1 Å². The molecule has 0 atom stereocenters. The van der Waals surface area contributed by atoms with Crippen molar-refractivity contribution in [3.05, 3.63) is 56.9 Å². The van der Waals surface area contributed by atoms with Crippen LogP contribution in [0.1, 0.15) is 22.5 Å². The maximum absolute atomic E-state index is 13.1. The Kier molecular flexibility index (Phi) is 5.55. The van der Waals surface area contributed by atoms with Gasteiger partial charge in [-0.1, -0.05) is 6.07 Å². The third-order valence-electron chi connectivity index (χ3n) is 5.00. The standard InChI is InChI=1S/C19H21N5O4S/c1-13-4-5-16(24(25)26)11-19(13)29(27,28)23-8-6-22(7-9-23)18-10-14(2)21-15(3)17(18)12-20/h4-5,10-11H,6-9H2,1-3H3. The van der Waals surface area contributed by atoms with Crippen molar-refractivity contribution in [1.82, 2.24) is 9.29 Å². The first-order chi connectivity index (χ1) is 13.6. The number of nitriles is 1. The third kappa shape index (κ3) is 3.92. The lowest BCUT2D eigenvalue weighted by Gasteiger charge is -2.36. The first kappa shape index (κ1) is 20.7. The fourth-order valence-corrected chi connectivity index (χ4v) is 5.15. The Morgan fingerprint density at radius 1 is 1.14 bits per heavy atom. The summed E-state index contributed by atoms with van der Waals surface area (Å²) in [6.07, 6.45) is 0. The second kappa shape index (κ2) is 7.77. The molecule has 0 saturated carbocycles. The zero-order valence-corrected chi connectivity index (χ0v) is 17.2. The molecule has 0 spiro atoms. The van der Waals surface area contributed by atoms with E-state index in [9.17, 15) is 23.8 Å². The summed E-state index contributed by atoms with van der Waals surface area (Å²) < 4.78 is 27.5. The smallest absolute Gasteiger partial charge is 0.270 e. The number of nitro benzene ring substituents is 1. The predicted molar refractivity (Wildman–Crippen MR) is 107 cm³/mol. The average Bonchev–Trinajstić information content (AvgIpc) is 2.67. The second-order valence-electron chi connectivity index (χ2n) is 6.95. The van der Waals surface area contributed by atoms with Gasteiger partial charge in [0.25, 0.3) is 5.69 Å². The number of piperazine rings is 1. The summed E-state index contributed by atoms with van der Waals surface area (Å²) in [5.74, 6) is 0. The van der Waals surface area contributed by atoms with Crippen LogP contribution in [0.15, 0.2) is 29.2 Å². The van der Waals surface area contributed by atoms with Crippen molar-refractivity contribution in [1.29, 1.82) is 5.26 Å². The van der Waals surface area contributed by atoms with Gasteiger partial charge in [0.2, 0.25) is 10.0 Å². The molecule has 10 heteroatoms. The number of aryl methyl sites for hydroxylation is 3. The van der Waals surface area contributed by atoms with Gasteiger partial charge < -0.3 is 4.90 Å². The molecule has 1 aromatic carbocycles. The minimum Gasteiger partial charge on any atom is -0.368 e. The number of pyridine rings is 1. The van der Waals surface area contributed by atoms with E-state index >= 15 is 0 Å². The Hall–Kier alpha value is -3.03. The van der Waals surface area contributed by atoms with Crippen molar-refractivity contribution in [3.63, 3.8) is 0 Å². The quantitative estimate of drug-likeness (QED) is 0.555. The van der Waals surface area contributed by atoms with Crippen LogP contribution in [0.5, 0.6) is 0 Å². The Labute approximate surface area is 169 Å². The fourth-order valence-electron chi connectivity index (χ4n) is 3.48. The van der Waals surface area contributed by atoms with E-state index in [1.165, 1.54) is 16.4 Å². The van der Waals surface area contributed by atoms with Gasteiger partial charge in [0.1, 0.15) is 6.07 Å². The normalized spacial score (nSPS) is 15.2. The number of nitrogens with zero attached hydrogens (tertiary/aromatic N) is 5. The number of aromatic nitrogens is 1. The summed E-state index contributed by atoms with van der Waals surface area (Å²) in [6.45, 7) is 6.50. The summed E-state index contributed by atoms with van der Waals surface area (Å²) in [5, 5.41) is 20.5. The lowest BCUT2D eigenvalue weighted by atomic mass is 10.1. The van der Waals surface area contributed by atoms with Crippen molar-refractivity contribution in [2.45, 2.75) is 25.7 Å². The number of hydrogen-bond donors (Lipinski definition) is 0. The molecule has 0 aliphatic carbocycles. The molecule has 1 saturated heterocycles. The number of rotatable bonds is 4. The minimum absolute atomic E-state index is 0.0477. The molecule has 1 aromatic heterocycles. The van der Waals surface area contributed by atoms with Crippen LogP contribution in [0.2, 0.25) is 0 Å². The van der Waals surface area contributed by atoms with Crippen LogP contribution in [-0.4, -0.2) is 48.8 Å². The topological polar surface area (TPSA) is 120 Å². The van der Waals surface area contributed by atoms with Crippen LogP contribution >= 0.6 is 0 Å². The van der Waals surface area contributed by atoms with E-state index in [-0.39, 0.29) is 23.7 Å². The number of anilines is 1. The van der Waals surface area contributed by atoms with Gasteiger partial charge in [-0.05, 0) is 32.4 Å². The number of nitro groups is 1. The average molecular weight is 415 g/mol. The van der Waals surface area contributed by atoms with Gasteiger partial charge in [-0.2, -0.15) is 9.57 Å². The van der Waals surface area contributed by atoms with Crippen molar-refractivity contribution in [2.24, 2.45) is 0 Å². The molecule has 0 bridgehead atoms. The number of benzene rings is 1. The minimum atomic E-state index is -3.86. The maximum atomic E-state index is 13.1. The lowest BCUT2D eigenvalue weighted by molar-refractivity contribution is -0.385. The van der Waals surface area contributed by atoms with E-state index < -0.39 is 14.9 Å². The predicted octanol–water partition coefficient (Wildman–Crippen LogP) is 2.30. The van der Waals surface area contributed by atoms with Crippen LogP contribution in [-0.2, 0) is 10.0 Å². The molecule has 2 heterocycles. The monoisotopic (exact) mass is 415 g/mol. The Morgan fingerprint density at radius 3 is 2.38 bits per heavy atom. The first-order valence-corrected chi connectivity index (χ1v) is 10.5. The van der Waals surface area contributed by atoms with Crippen LogP contribution < -0.4 is 4.90 Å². The van der Waals surface area contributed by atoms with Gasteiger partial charge in [-0.15, -0.1) is 0 Å². The molecule has 3 rings (SSSR count). The van der Waals surface area contributed by atoms with Crippen LogP contribution in [0.4, 0.5) is 11.4 Å². The van der Waals surface area contributed by atoms with E-state index in [0.717, 1.165) is 17.4 Å². The summed E-state index contributed by atoms with van der Waals surface area (Å²) in [7, 11) is -3.86. The van der Waals surface area contributed by atoms with Gasteiger partial charge in [0.15, 0.2) is 0 Å². The lowest BCUT2D eigenvalue weighted by Crippen LogP contribution is -2.49. The van der Waals surface area contributed by atoms with Crippen LogP contribution in [0.25, 0.3) is 0 Å². The zero-order valence-electron chi connectivity index (χ0n) is 16.4. The first-order valence-electron chi connectivity index (χ1n) is 9.03. The number of sulfonamides is 1. The van der Waals surface area contributed by atoms with Crippen LogP contribution in [0, 0.1) is 42.2 Å². The van der Waals surface area contributed by atoms with Crippen LogP contribution in [0.3, 0.4) is 0 Å². The molecule has 152 valence electrons. The largest absolute Gasteiger partial charge is 0.368 e. The summed E-state index contributed by atoms with van der Waals surface area (Å²) in [4.78, 5) is 16.7. The van der Waals surface area contributed by atoms with E-state index in [4.69, 9.17) is 0 Å². The molecule has 29 heavy (non-hydrogen) atoms. The SMILES string of the molecule is Cc1cc(N2CCN(S(=O)(=O)c3cc([N+](=O)[O-])ccc3C)CC2)c(C#N)c(C)n1. The van der Waals surface area contributed by atoms with Gasteiger partial charge in [-0.25, -0.2) is 8.42 Å². The van der Waals surface area contributed by atoms with Crippen molar-refractivity contribution in [3.8, 4) is 6.07 Å². The summed E-state index contributed by atoms with van der Waals surface area (Å²) in [6, 6.07) is 7.87. The molecule has 1 aliphatic rings. The van der Waals surface area contributed by atoms with E-state index in [0.29, 0.717) is 29.9 Å². The molecule has 0 radical (unpaired) electrons. The van der Waals surface area contributed by atoms with Gasteiger partial charge in [0.05, 0.1) is 26.8 Å². The molecule has 0 unspecified atom stereocenters. The number of hydrogen-bond acceptors (Lipinski definition) is 7. The van der Waals surface area contributed by atoms with Gasteiger partial charge in [-0.3, -0.25) is 15.1 Å². The third-order valence-corrected chi connectivity index (χ3v) is 7.04. The fraction of sp³-hybridized carbons (Fsp3) is 0.368. The van der Waals surface area contributed by atoms with E-state index in [2.05, 4.69) is 11.1 Å². The van der Waals surface area contributed by atoms with E-state index in [1.807, 2.05) is 17.9 Å². The zero-order chi connectivity index (χ0) is 21.3. The Bertz CT molecular complexity index is 1120. The number of non-ortho nitro benzene ring substituents is 1. The maximum Gasteiger partial charge on any atom is 0.270 e. The molecule has 1 aliphatic heterocycles. The highest BCUT2D eigenvalue weighted by molar-refractivity contribution is 7.89. The molecule has 0 N–H and O–H groups in total. The molecule has 2 aromatic rings. The highest BCUT2D eigenvalue weighted by Gasteiger charge is 2.31. The Balaban J connectivity index is 1.86. The summed E-state index contributed by atoms with van der Waals surface area (Å²) in [5.41, 5.74) is 2.88. The molecular weight excluding hydrogens is 394 g/mol. The molecule has 1 fully saturated rings. The van der Waals surface area contributed by atoms with Gasteiger partial charge >= 0.3 is 0 Å². The van der Waals surface area contributed by atoms with Crippen molar-refractivity contribution >= 4 is 21.4 Å². The highest BCUT2D eigenvalue weighted by atomic mass is 32.2. The molecule has 9 nitrogen and oxygen atoms in total. The molecular formula is C19H21N5O4S. The second-order valence-corrected chi connectivity index (χ2v) is 8.86. The van der Waals surface area contributed by atoms with Crippen molar-refractivity contribution < 1.29 is 13.3 Å². The Morgan fingerprint density at radius 2 is 1.79 bits per heavy atom. The highest BCUT2D eigenvalue weighted by Crippen LogP contribution is 2.28. The van der Waals surface area contributed by atoms with E-state index in [1.54, 1.807) is 13.8 Å². The molecule has 0 amide bonds. The summed E-state index contributed by atoms with van der Waals surface area (Å²) >= 11 is 0.